The zero-order valence-corrected chi connectivity index (χ0v) is 12.1. The molecule has 0 fully saturated rings. The monoisotopic (exact) mass is 328 g/mol. The van der Waals surface area contributed by atoms with E-state index in [1.165, 1.54) is 12.1 Å². The van der Waals surface area contributed by atoms with Crippen LogP contribution < -0.4 is 4.74 Å². The van der Waals surface area contributed by atoms with Crippen molar-refractivity contribution in [3.8, 4) is 11.5 Å². The molecule has 4 heteroatoms. The van der Waals surface area contributed by atoms with Crippen LogP contribution >= 0.6 is 27.5 Å². The van der Waals surface area contributed by atoms with Crippen LogP contribution in [0.2, 0.25) is 0 Å². The van der Waals surface area contributed by atoms with Crippen LogP contribution in [0.15, 0.2) is 40.9 Å². The summed E-state index contributed by atoms with van der Waals surface area (Å²) < 4.78 is 19.3. The largest absolute Gasteiger partial charge is 0.456 e. The maximum atomic E-state index is 13.0. The second kappa shape index (κ2) is 5.72. The van der Waals surface area contributed by atoms with E-state index in [0.717, 1.165) is 11.1 Å². The van der Waals surface area contributed by atoms with Crippen LogP contribution in [0.5, 0.6) is 11.5 Å². The smallest absolute Gasteiger partial charge is 0.141 e. The van der Waals surface area contributed by atoms with Gasteiger partial charge in [0.2, 0.25) is 0 Å². The Morgan fingerprint density at radius 3 is 2.56 bits per heavy atom. The van der Waals surface area contributed by atoms with Crippen molar-refractivity contribution in [1.82, 2.24) is 0 Å². The van der Waals surface area contributed by atoms with Gasteiger partial charge in [-0.15, -0.1) is 11.6 Å². The fourth-order valence-corrected chi connectivity index (χ4v) is 2.23. The number of benzene rings is 2. The van der Waals surface area contributed by atoms with Crippen molar-refractivity contribution in [2.24, 2.45) is 0 Å². The number of hydrogen-bond donors (Lipinski definition) is 0. The Bertz CT molecular complexity index is 572. The number of hydrogen-bond acceptors (Lipinski definition) is 1. The Morgan fingerprint density at radius 2 is 1.89 bits per heavy atom. The third kappa shape index (κ3) is 3.03. The van der Waals surface area contributed by atoms with Gasteiger partial charge in [-0.1, -0.05) is 17.7 Å². The first-order valence-electron chi connectivity index (χ1n) is 5.38. The van der Waals surface area contributed by atoms with Gasteiger partial charge in [-0.2, -0.15) is 0 Å². The zero-order chi connectivity index (χ0) is 13.1. The second-order valence-corrected chi connectivity index (χ2v) is 5.04. The Morgan fingerprint density at radius 1 is 1.17 bits per heavy atom. The Labute approximate surface area is 119 Å². The van der Waals surface area contributed by atoms with E-state index in [9.17, 15) is 4.39 Å². The molecule has 0 atom stereocenters. The van der Waals surface area contributed by atoms with Gasteiger partial charge in [0.05, 0.1) is 10.4 Å². The van der Waals surface area contributed by atoms with Gasteiger partial charge in [0.25, 0.3) is 0 Å². The lowest BCUT2D eigenvalue weighted by atomic mass is 10.1. The van der Waals surface area contributed by atoms with Gasteiger partial charge in [0.1, 0.15) is 17.3 Å². The van der Waals surface area contributed by atoms with E-state index < -0.39 is 0 Å². The molecule has 0 unspecified atom stereocenters. The maximum absolute atomic E-state index is 13.0. The van der Waals surface area contributed by atoms with Crippen molar-refractivity contribution in [1.29, 1.82) is 0 Å². The molecular formula is C14H11BrClFO. The molecule has 0 radical (unpaired) electrons. The van der Waals surface area contributed by atoms with Gasteiger partial charge in [-0.25, -0.2) is 4.39 Å². The molecule has 0 saturated heterocycles. The van der Waals surface area contributed by atoms with Crippen LogP contribution in [0.3, 0.4) is 0 Å². The second-order valence-electron chi connectivity index (χ2n) is 3.92. The summed E-state index contributed by atoms with van der Waals surface area (Å²) in [5.74, 6) is 1.31. The van der Waals surface area contributed by atoms with Crippen molar-refractivity contribution >= 4 is 27.5 Å². The normalized spacial score (nSPS) is 10.4. The molecule has 94 valence electrons. The van der Waals surface area contributed by atoms with Crippen LogP contribution in [0.25, 0.3) is 0 Å². The highest BCUT2D eigenvalue weighted by atomic mass is 79.9. The molecule has 0 bridgehead atoms. The minimum Gasteiger partial charge on any atom is -0.456 e. The van der Waals surface area contributed by atoms with E-state index >= 15 is 0 Å². The standard InChI is InChI=1S/C14H11BrClFO/c1-9-2-4-13(10(6-9)8-16)18-14-5-3-11(17)7-12(14)15/h2-7H,8H2,1H3. The quantitative estimate of drug-likeness (QED) is 0.682. The zero-order valence-electron chi connectivity index (χ0n) is 9.71. The van der Waals surface area contributed by atoms with Crippen molar-refractivity contribution in [2.45, 2.75) is 12.8 Å². The average molecular weight is 330 g/mol. The van der Waals surface area contributed by atoms with Gasteiger partial charge in [-0.3, -0.25) is 0 Å². The molecular weight excluding hydrogens is 319 g/mol. The summed E-state index contributed by atoms with van der Waals surface area (Å²) in [7, 11) is 0. The lowest BCUT2D eigenvalue weighted by Crippen LogP contribution is -1.91. The average Bonchev–Trinajstić information content (AvgIpc) is 2.34. The third-order valence-electron chi connectivity index (χ3n) is 2.47. The van der Waals surface area contributed by atoms with Crippen LogP contribution in [0.1, 0.15) is 11.1 Å². The van der Waals surface area contributed by atoms with Crippen molar-refractivity contribution in [3.05, 3.63) is 57.8 Å². The lowest BCUT2D eigenvalue weighted by molar-refractivity contribution is 0.473. The Hall–Kier alpha value is -1.06. The lowest BCUT2D eigenvalue weighted by Gasteiger charge is -2.11. The van der Waals surface area contributed by atoms with Gasteiger partial charge in [-0.05, 0) is 47.1 Å². The number of halogens is 3. The van der Waals surface area contributed by atoms with E-state index in [-0.39, 0.29) is 5.82 Å². The first kappa shape index (κ1) is 13.4. The van der Waals surface area contributed by atoms with Gasteiger partial charge in [0.15, 0.2) is 0 Å². The molecule has 1 nitrogen and oxygen atoms in total. The third-order valence-corrected chi connectivity index (χ3v) is 3.38. The highest BCUT2D eigenvalue weighted by Gasteiger charge is 2.08. The number of aryl methyl sites for hydroxylation is 1. The summed E-state index contributed by atoms with van der Waals surface area (Å²) in [6.07, 6.45) is 0. The Balaban J connectivity index is 2.33. The van der Waals surface area contributed by atoms with Crippen LogP contribution in [-0.2, 0) is 5.88 Å². The van der Waals surface area contributed by atoms with E-state index in [4.69, 9.17) is 16.3 Å². The van der Waals surface area contributed by atoms with E-state index in [1.807, 2.05) is 25.1 Å². The van der Waals surface area contributed by atoms with Gasteiger partial charge >= 0.3 is 0 Å². The molecule has 0 aliphatic heterocycles. The summed E-state index contributed by atoms with van der Waals surface area (Å²) in [4.78, 5) is 0. The first-order valence-corrected chi connectivity index (χ1v) is 6.71. The number of rotatable bonds is 3. The highest BCUT2D eigenvalue weighted by Crippen LogP contribution is 2.32. The maximum Gasteiger partial charge on any atom is 0.141 e. The topological polar surface area (TPSA) is 9.23 Å². The van der Waals surface area contributed by atoms with E-state index in [1.54, 1.807) is 6.07 Å². The van der Waals surface area contributed by atoms with Crippen molar-refractivity contribution < 1.29 is 9.13 Å². The molecule has 0 N–H and O–H groups in total. The first-order chi connectivity index (χ1) is 8.60. The Kier molecular flexibility index (Phi) is 4.25. The fraction of sp³-hybridized carbons (Fsp3) is 0.143. The SMILES string of the molecule is Cc1ccc(Oc2ccc(F)cc2Br)c(CCl)c1. The molecule has 0 aliphatic carbocycles. The summed E-state index contributed by atoms with van der Waals surface area (Å²) in [6.45, 7) is 1.99. The molecule has 2 aromatic carbocycles. The van der Waals surface area contributed by atoms with Crippen LogP contribution in [0, 0.1) is 12.7 Å². The van der Waals surface area contributed by atoms with Gasteiger partial charge in [0, 0.05) is 5.56 Å². The summed E-state index contributed by atoms with van der Waals surface area (Å²) >= 11 is 9.15. The van der Waals surface area contributed by atoms with Crippen molar-refractivity contribution in [3.63, 3.8) is 0 Å². The number of alkyl halides is 1. The van der Waals surface area contributed by atoms with Crippen LogP contribution in [-0.4, -0.2) is 0 Å². The molecule has 0 amide bonds. The number of ether oxygens (including phenoxy) is 1. The minimum atomic E-state index is -0.310. The summed E-state index contributed by atoms with van der Waals surface area (Å²) in [5, 5.41) is 0. The molecule has 2 rings (SSSR count). The molecule has 0 aromatic heterocycles. The fourth-order valence-electron chi connectivity index (χ4n) is 1.59. The molecule has 18 heavy (non-hydrogen) atoms. The van der Waals surface area contributed by atoms with Crippen molar-refractivity contribution in [2.75, 3.05) is 0 Å². The minimum absolute atomic E-state index is 0.310. The molecule has 0 heterocycles. The van der Waals surface area contributed by atoms with Gasteiger partial charge < -0.3 is 4.74 Å². The van der Waals surface area contributed by atoms with E-state index in [2.05, 4.69) is 15.9 Å². The molecule has 0 aliphatic rings. The molecule has 0 spiro atoms. The molecule has 0 saturated carbocycles. The summed E-state index contributed by atoms with van der Waals surface area (Å²) in [6, 6.07) is 10.1. The highest BCUT2D eigenvalue weighted by molar-refractivity contribution is 9.10. The predicted octanol–water partition coefficient (Wildman–Crippen LogP) is 5.43. The molecule has 2 aromatic rings. The predicted molar refractivity (Wildman–Crippen MR) is 74.9 cm³/mol. The van der Waals surface area contributed by atoms with E-state index in [0.29, 0.717) is 21.9 Å². The van der Waals surface area contributed by atoms with Crippen LogP contribution in [0.4, 0.5) is 4.39 Å². The summed E-state index contributed by atoms with van der Waals surface area (Å²) in [5.41, 5.74) is 2.03.